The molecule has 0 fully saturated rings. The predicted molar refractivity (Wildman–Crippen MR) is 366 cm³/mol. The van der Waals surface area contributed by atoms with Gasteiger partial charge in [-0.25, -0.2) is 0 Å². The van der Waals surface area contributed by atoms with E-state index in [-0.39, 0.29) is 0 Å². The minimum absolute atomic E-state index is 0.777. The zero-order chi connectivity index (χ0) is 58.1. The summed E-state index contributed by atoms with van der Waals surface area (Å²) in [5.41, 5.74) is 6.39. The molecule has 0 aliphatic rings. The van der Waals surface area contributed by atoms with Crippen molar-refractivity contribution in [2.75, 3.05) is 0 Å². The molecule has 15 rings (SSSR count). The van der Waals surface area contributed by atoms with Gasteiger partial charge in [0.15, 0.2) is 7.14 Å². The molecule has 3 nitrogen and oxygen atoms in total. The van der Waals surface area contributed by atoms with Gasteiger partial charge in [0, 0.05) is 88.0 Å². The molecule has 0 unspecified atom stereocenters. The molecular formula is C80H63N2OPS2. The summed E-state index contributed by atoms with van der Waals surface area (Å²) < 4.78 is 22.2. The topological polar surface area (TPSA) is 26.9 Å². The van der Waals surface area contributed by atoms with Crippen molar-refractivity contribution in [2.24, 2.45) is 0 Å². The molecule has 0 radical (unpaired) electrons. The van der Waals surface area contributed by atoms with Crippen LogP contribution < -0.4 is 15.9 Å². The molecule has 2 aromatic heterocycles. The fourth-order valence-electron chi connectivity index (χ4n) is 12.9. The van der Waals surface area contributed by atoms with Gasteiger partial charge >= 0.3 is 0 Å². The first-order valence-corrected chi connectivity index (χ1v) is 34.4. The van der Waals surface area contributed by atoms with Gasteiger partial charge < -0.3 is 13.7 Å². The molecule has 0 aliphatic carbocycles. The summed E-state index contributed by atoms with van der Waals surface area (Å²) in [5.74, 6) is 0. The SMILES string of the molecule is CC.O=P(c1ccccc1)(c1ccc2c(c1)c1cc(S(c3ccccc3)(c3ccccc3)c3ccccc3)ccc1n2-c1ccccc1)c1ccc2c(c1)c1cc(S(c3ccccc3)(c3ccccc3)c3ccccc3)ccc1n2-c1ccccc1. The number of hydrogen-bond donors (Lipinski definition) is 0. The molecule has 2 heterocycles. The Kier molecular flexibility index (Phi) is 14.6. The predicted octanol–water partition coefficient (Wildman–Crippen LogP) is 21.2. The number of aromatic nitrogens is 2. The molecule has 0 N–H and O–H groups in total. The standard InChI is InChI=1S/C78H57N2OPS2.C2H6/c81-82(60-32-14-3-15-33-60,61-46-50-75-71(54-61)73-56-69(48-52-77(73)79(75)58-28-10-1-11-29-58)83(63-34-16-4-17-35-63,64-36-18-5-19-37-64)65-38-20-6-21-39-65)62-47-51-76-72(55-62)74-57-70(49-53-78(74)80(76)59-30-12-2-13-31-59)84(66-40-22-7-23-41-66,67-42-24-8-25-43-67)68-44-26-9-27-45-68;1-2/h1-57H;1-2H3. The van der Waals surface area contributed by atoms with E-state index in [0.717, 1.165) is 70.9 Å². The Morgan fingerprint density at radius 1 is 0.233 bits per heavy atom. The summed E-state index contributed by atoms with van der Waals surface area (Å²) in [6, 6.07) is 125. The van der Waals surface area contributed by atoms with E-state index in [9.17, 15) is 0 Å². The Labute approximate surface area is 507 Å². The molecule has 0 bridgehead atoms. The van der Waals surface area contributed by atoms with Crippen LogP contribution in [0.25, 0.3) is 55.0 Å². The van der Waals surface area contributed by atoms with Gasteiger partial charge in [0.1, 0.15) is 0 Å². The molecule has 0 saturated carbocycles. The quantitative estimate of drug-likeness (QED) is 0.106. The molecule has 13 aromatic carbocycles. The molecule has 6 heteroatoms. The van der Waals surface area contributed by atoms with E-state index in [1.807, 2.05) is 32.0 Å². The fourth-order valence-corrected chi connectivity index (χ4v) is 23.4. The van der Waals surface area contributed by atoms with Crippen molar-refractivity contribution in [1.29, 1.82) is 0 Å². The number of para-hydroxylation sites is 2. The fraction of sp³-hybridized carbons (Fsp3) is 0.0250. The molecule has 0 amide bonds. The lowest BCUT2D eigenvalue weighted by Crippen LogP contribution is -2.25. The zero-order valence-corrected chi connectivity index (χ0v) is 50.5. The smallest absolute Gasteiger partial charge is 0.171 e. The molecule has 416 valence electrons. The van der Waals surface area contributed by atoms with Crippen LogP contribution in [0.3, 0.4) is 0 Å². The van der Waals surface area contributed by atoms with Crippen molar-refractivity contribution >= 4 is 86.7 Å². The van der Waals surface area contributed by atoms with Crippen LogP contribution in [0.4, 0.5) is 0 Å². The number of fused-ring (bicyclic) bond motifs is 6. The lowest BCUT2D eigenvalue weighted by molar-refractivity contribution is 0.592. The summed E-state index contributed by atoms with van der Waals surface area (Å²) >= 11 is 0. The highest BCUT2D eigenvalue weighted by atomic mass is 32.3. The largest absolute Gasteiger partial charge is 0.309 e. The lowest BCUT2D eigenvalue weighted by atomic mass is 10.1. The van der Waals surface area contributed by atoms with E-state index in [1.165, 1.54) is 39.2 Å². The summed E-state index contributed by atoms with van der Waals surface area (Å²) in [6.45, 7) is 4.00. The first-order valence-electron chi connectivity index (χ1n) is 29.5. The maximum absolute atomic E-state index is 17.5. The van der Waals surface area contributed by atoms with Crippen molar-refractivity contribution in [3.8, 4) is 11.4 Å². The number of rotatable bonds is 13. The van der Waals surface area contributed by atoms with Gasteiger partial charge in [-0.2, -0.15) is 0 Å². The molecule has 0 saturated heterocycles. The van der Waals surface area contributed by atoms with Crippen LogP contribution in [-0.4, -0.2) is 9.13 Å². The summed E-state index contributed by atoms with van der Waals surface area (Å²) in [6.07, 6.45) is 0. The second kappa shape index (κ2) is 23.1. The maximum atomic E-state index is 17.5. The van der Waals surface area contributed by atoms with Gasteiger partial charge in [0.05, 0.1) is 22.1 Å². The minimum Gasteiger partial charge on any atom is -0.309 e. The monoisotopic (exact) mass is 1160 g/mol. The van der Waals surface area contributed by atoms with Crippen LogP contribution in [-0.2, 0) is 4.57 Å². The average molecular weight is 1160 g/mol. The van der Waals surface area contributed by atoms with E-state index in [2.05, 4.69) is 337 Å². The Balaban J connectivity index is 0.00000323. The van der Waals surface area contributed by atoms with Crippen LogP contribution in [0.5, 0.6) is 0 Å². The van der Waals surface area contributed by atoms with Crippen molar-refractivity contribution < 1.29 is 4.57 Å². The van der Waals surface area contributed by atoms with Crippen molar-refractivity contribution in [2.45, 2.75) is 53.0 Å². The third-order valence-corrected chi connectivity index (χ3v) is 27.4. The van der Waals surface area contributed by atoms with Crippen LogP contribution in [0, 0.1) is 0 Å². The maximum Gasteiger partial charge on any atom is 0.171 e. The molecular weight excluding hydrogens is 1100 g/mol. The third kappa shape index (κ3) is 8.88. The average Bonchev–Trinajstić information content (AvgIpc) is 1.44. The van der Waals surface area contributed by atoms with E-state index in [1.54, 1.807) is 0 Å². The number of benzene rings is 13. The lowest BCUT2D eigenvalue weighted by Gasteiger charge is -2.42. The van der Waals surface area contributed by atoms with Crippen LogP contribution in [0.2, 0.25) is 0 Å². The Morgan fingerprint density at radius 3 is 0.744 bits per heavy atom. The van der Waals surface area contributed by atoms with Gasteiger partial charge in [-0.05, 0) is 170 Å². The first-order chi connectivity index (χ1) is 42.6. The van der Waals surface area contributed by atoms with E-state index < -0.39 is 27.2 Å². The molecule has 0 atom stereocenters. The highest BCUT2D eigenvalue weighted by Gasteiger charge is 2.37. The van der Waals surface area contributed by atoms with Gasteiger partial charge in [-0.15, -0.1) is 20.1 Å². The Bertz CT molecular complexity index is 4400. The van der Waals surface area contributed by atoms with Crippen LogP contribution in [0.15, 0.2) is 385 Å². The highest BCUT2D eigenvalue weighted by Crippen LogP contribution is 2.75. The Hall–Kier alpha value is -9.61. The normalized spacial score (nSPS) is 12.3. The second-order valence-electron chi connectivity index (χ2n) is 21.2. The molecule has 15 aromatic rings. The van der Waals surface area contributed by atoms with E-state index in [0.29, 0.717) is 0 Å². The summed E-state index contributed by atoms with van der Waals surface area (Å²) in [5, 5.41) is 6.62. The van der Waals surface area contributed by atoms with Crippen LogP contribution in [0.1, 0.15) is 13.8 Å². The van der Waals surface area contributed by atoms with Crippen LogP contribution >= 0.6 is 27.2 Å². The zero-order valence-electron chi connectivity index (χ0n) is 48.0. The molecule has 0 spiro atoms. The van der Waals surface area contributed by atoms with Crippen molar-refractivity contribution in [3.05, 3.63) is 346 Å². The van der Waals surface area contributed by atoms with Gasteiger partial charge in [-0.3, -0.25) is 0 Å². The van der Waals surface area contributed by atoms with Gasteiger partial charge in [0.2, 0.25) is 0 Å². The molecule has 86 heavy (non-hydrogen) atoms. The summed E-state index contributed by atoms with van der Waals surface area (Å²) in [4.78, 5) is 9.98. The highest BCUT2D eigenvalue weighted by molar-refractivity contribution is 8.34. The van der Waals surface area contributed by atoms with Gasteiger partial charge in [-0.1, -0.05) is 190 Å². The number of nitrogens with zero attached hydrogens (tertiary/aromatic N) is 2. The third-order valence-electron chi connectivity index (χ3n) is 16.6. The first kappa shape index (κ1) is 54.3. The van der Waals surface area contributed by atoms with Crippen molar-refractivity contribution in [1.82, 2.24) is 9.13 Å². The number of hydrogen-bond acceptors (Lipinski definition) is 1. The van der Waals surface area contributed by atoms with Crippen molar-refractivity contribution in [3.63, 3.8) is 0 Å². The van der Waals surface area contributed by atoms with Gasteiger partial charge in [0.25, 0.3) is 0 Å². The second-order valence-corrected chi connectivity index (χ2v) is 30.1. The summed E-state index contributed by atoms with van der Waals surface area (Å²) in [7, 11) is -7.72. The van der Waals surface area contributed by atoms with E-state index in [4.69, 9.17) is 0 Å². The Morgan fingerprint density at radius 2 is 0.465 bits per heavy atom. The van der Waals surface area contributed by atoms with E-state index >= 15 is 4.57 Å². The minimum atomic E-state index is -3.65. The molecule has 0 aliphatic heterocycles.